The molecule has 4 nitrogen and oxygen atoms in total. The van der Waals surface area contributed by atoms with E-state index in [1.165, 1.54) is 11.3 Å². The van der Waals surface area contributed by atoms with Crippen molar-refractivity contribution in [2.24, 2.45) is 5.92 Å². The Balaban J connectivity index is 0.00000256. The first-order valence-corrected chi connectivity index (χ1v) is 6.25. The minimum absolute atomic E-state index is 0. The molecule has 1 amide bonds. The zero-order valence-corrected chi connectivity index (χ0v) is 12.3. The second kappa shape index (κ2) is 7.63. The van der Waals surface area contributed by atoms with Gasteiger partial charge in [0.15, 0.2) is 0 Å². The molecule has 1 heterocycles. The van der Waals surface area contributed by atoms with Gasteiger partial charge in [-0.2, -0.15) is 0 Å². The van der Waals surface area contributed by atoms with Gasteiger partial charge in [-0.3, -0.25) is 4.79 Å². The van der Waals surface area contributed by atoms with Gasteiger partial charge < -0.3 is 10.6 Å². The van der Waals surface area contributed by atoms with E-state index in [-0.39, 0.29) is 18.3 Å². The van der Waals surface area contributed by atoms with Crippen molar-refractivity contribution in [2.75, 3.05) is 18.9 Å². The van der Waals surface area contributed by atoms with E-state index in [2.05, 4.69) is 29.5 Å². The molecule has 0 aromatic carbocycles. The third kappa shape index (κ3) is 5.48. The first-order valence-electron chi connectivity index (χ1n) is 5.43. The van der Waals surface area contributed by atoms with Crippen LogP contribution in [0, 0.1) is 12.8 Å². The molecule has 98 valence electrons. The van der Waals surface area contributed by atoms with Crippen LogP contribution >= 0.6 is 23.7 Å². The van der Waals surface area contributed by atoms with Gasteiger partial charge in [0.25, 0.3) is 0 Å². The second-order valence-electron chi connectivity index (χ2n) is 4.19. The average molecular weight is 278 g/mol. The lowest BCUT2D eigenvalue weighted by molar-refractivity contribution is -0.115. The Hall–Kier alpha value is -0.650. The number of aromatic nitrogens is 1. The quantitative estimate of drug-likeness (QED) is 0.868. The summed E-state index contributed by atoms with van der Waals surface area (Å²) in [6.45, 7) is 6.59. The van der Waals surface area contributed by atoms with Gasteiger partial charge in [0, 0.05) is 0 Å². The minimum Gasteiger partial charge on any atom is -0.315 e. The molecule has 0 aliphatic rings. The van der Waals surface area contributed by atoms with Crippen LogP contribution in [-0.2, 0) is 11.2 Å². The molecule has 0 fully saturated rings. The molecular weight excluding hydrogens is 258 g/mol. The normalized spacial score (nSPS) is 10.2. The van der Waals surface area contributed by atoms with Gasteiger partial charge in [0.05, 0.1) is 17.2 Å². The highest BCUT2D eigenvalue weighted by Gasteiger charge is 2.12. The Morgan fingerprint density at radius 3 is 2.65 bits per heavy atom. The van der Waals surface area contributed by atoms with Crippen molar-refractivity contribution in [3.8, 4) is 0 Å². The van der Waals surface area contributed by atoms with E-state index >= 15 is 0 Å². The van der Waals surface area contributed by atoms with Crippen LogP contribution in [0.1, 0.15) is 24.5 Å². The molecule has 0 unspecified atom stereocenters. The van der Waals surface area contributed by atoms with Crippen LogP contribution < -0.4 is 10.6 Å². The molecule has 1 rings (SSSR count). The van der Waals surface area contributed by atoms with E-state index in [1.54, 1.807) is 7.05 Å². The van der Waals surface area contributed by atoms with Crippen LogP contribution in [0.25, 0.3) is 0 Å². The maximum atomic E-state index is 11.5. The fourth-order valence-electron chi connectivity index (χ4n) is 1.42. The molecule has 6 heteroatoms. The van der Waals surface area contributed by atoms with Gasteiger partial charge in [-0.05, 0) is 26.3 Å². The average Bonchev–Trinajstić information content (AvgIpc) is 2.45. The summed E-state index contributed by atoms with van der Waals surface area (Å²) >= 11 is 1.54. The van der Waals surface area contributed by atoms with E-state index in [0.717, 1.165) is 22.1 Å². The molecule has 1 aromatic heterocycles. The topological polar surface area (TPSA) is 54.0 Å². The lowest BCUT2D eigenvalue weighted by Gasteiger charge is -2.06. The number of nitrogens with one attached hydrogen (secondary N) is 2. The Labute approximate surface area is 113 Å². The van der Waals surface area contributed by atoms with Crippen molar-refractivity contribution in [1.82, 2.24) is 10.3 Å². The van der Waals surface area contributed by atoms with Crippen LogP contribution in [-0.4, -0.2) is 24.5 Å². The second-order valence-corrected chi connectivity index (χ2v) is 5.39. The lowest BCUT2D eigenvalue weighted by atomic mass is 10.1. The van der Waals surface area contributed by atoms with Gasteiger partial charge >= 0.3 is 0 Å². The zero-order chi connectivity index (χ0) is 12.1. The van der Waals surface area contributed by atoms with Crippen molar-refractivity contribution in [3.05, 3.63) is 10.7 Å². The molecule has 0 bridgehead atoms. The zero-order valence-electron chi connectivity index (χ0n) is 10.7. The maximum Gasteiger partial charge on any atom is 0.238 e. The van der Waals surface area contributed by atoms with Crippen LogP contribution in [0.3, 0.4) is 0 Å². The number of amides is 1. The van der Waals surface area contributed by atoms with Crippen LogP contribution in [0.5, 0.6) is 0 Å². The molecule has 1 aromatic rings. The van der Waals surface area contributed by atoms with Crippen molar-refractivity contribution >= 4 is 34.7 Å². The predicted molar refractivity (Wildman–Crippen MR) is 75.2 cm³/mol. The Morgan fingerprint density at radius 2 is 2.12 bits per heavy atom. The Bertz CT molecular complexity index is 366. The van der Waals surface area contributed by atoms with E-state index in [0.29, 0.717) is 12.5 Å². The number of carbonyl (C=O) groups excluding carboxylic acids is 1. The monoisotopic (exact) mass is 277 g/mol. The van der Waals surface area contributed by atoms with E-state index < -0.39 is 0 Å². The maximum absolute atomic E-state index is 11.5. The van der Waals surface area contributed by atoms with E-state index in [9.17, 15) is 4.79 Å². The summed E-state index contributed by atoms with van der Waals surface area (Å²) < 4.78 is 0. The number of thiazole rings is 1. The largest absolute Gasteiger partial charge is 0.315 e. The molecule has 2 N–H and O–H groups in total. The molecule has 0 spiro atoms. The van der Waals surface area contributed by atoms with Gasteiger partial charge in [0.2, 0.25) is 5.91 Å². The number of hydrogen-bond donors (Lipinski definition) is 2. The summed E-state index contributed by atoms with van der Waals surface area (Å²) in [7, 11) is 1.76. The molecule has 0 aliphatic heterocycles. The number of likely N-dealkylation sites (N-methyl/N-ethyl adjacent to an activating group) is 1. The number of carbonyl (C=O) groups is 1. The standard InChI is InChI=1S/C11H19N3OS.ClH/c1-7(2)5-9-11(16-8(3)13-9)14-10(15)6-12-4;/h7,12H,5-6H2,1-4H3,(H,14,15);1H. The van der Waals surface area contributed by atoms with Crippen LogP contribution in [0.4, 0.5) is 5.00 Å². The lowest BCUT2D eigenvalue weighted by Crippen LogP contribution is -2.25. The van der Waals surface area contributed by atoms with Crippen LogP contribution in [0.2, 0.25) is 0 Å². The fraction of sp³-hybridized carbons (Fsp3) is 0.636. The summed E-state index contributed by atoms with van der Waals surface area (Å²) in [4.78, 5) is 15.9. The van der Waals surface area contributed by atoms with Gasteiger partial charge in [-0.1, -0.05) is 13.8 Å². The number of nitrogens with zero attached hydrogens (tertiary/aromatic N) is 1. The number of anilines is 1. The number of halogens is 1. The molecular formula is C11H20ClN3OS. The Morgan fingerprint density at radius 1 is 1.47 bits per heavy atom. The van der Waals surface area contributed by atoms with Crippen molar-refractivity contribution < 1.29 is 4.79 Å². The molecule has 17 heavy (non-hydrogen) atoms. The first kappa shape index (κ1) is 16.4. The number of aryl methyl sites for hydroxylation is 1. The van der Waals surface area contributed by atoms with Crippen molar-refractivity contribution in [3.63, 3.8) is 0 Å². The van der Waals surface area contributed by atoms with Gasteiger partial charge in [0.1, 0.15) is 5.00 Å². The third-order valence-corrected chi connectivity index (χ3v) is 2.92. The Kier molecular flexibility index (Phi) is 7.34. The summed E-state index contributed by atoms with van der Waals surface area (Å²) in [5, 5.41) is 7.61. The van der Waals surface area contributed by atoms with Gasteiger partial charge in [-0.25, -0.2) is 4.98 Å². The third-order valence-electron chi connectivity index (χ3n) is 2.00. The molecule has 0 saturated heterocycles. The highest BCUT2D eigenvalue weighted by molar-refractivity contribution is 7.16. The highest BCUT2D eigenvalue weighted by Crippen LogP contribution is 2.26. The first-order chi connectivity index (χ1) is 7.52. The number of rotatable bonds is 5. The van der Waals surface area contributed by atoms with E-state index in [4.69, 9.17) is 0 Å². The summed E-state index contributed by atoms with van der Waals surface area (Å²) in [5.41, 5.74) is 1.00. The summed E-state index contributed by atoms with van der Waals surface area (Å²) in [6, 6.07) is 0. The molecule has 0 atom stereocenters. The molecule has 0 saturated carbocycles. The van der Waals surface area contributed by atoms with E-state index in [1.807, 2.05) is 6.92 Å². The summed E-state index contributed by atoms with van der Waals surface area (Å²) in [5.74, 6) is 0.526. The van der Waals surface area contributed by atoms with Crippen LogP contribution in [0.15, 0.2) is 0 Å². The summed E-state index contributed by atoms with van der Waals surface area (Å²) in [6.07, 6.45) is 0.902. The van der Waals surface area contributed by atoms with Crippen molar-refractivity contribution in [2.45, 2.75) is 27.2 Å². The number of hydrogen-bond acceptors (Lipinski definition) is 4. The highest BCUT2D eigenvalue weighted by atomic mass is 35.5. The minimum atomic E-state index is -0.0174. The molecule has 0 aliphatic carbocycles. The predicted octanol–water partition coefficient (Wildman–Crippen LogP) is 2.23. The fourth-order valence-corrected chi connectivity index (χ4v) is 2.29. The van der Waals surface area contributed by atoms with Crippen molar-refractivity contribution in [1.29, 1.82) is 0 Å². The smallest absolute Gasteiger partial charge is 0.238 e. The van der Waals surface area contributed by atoms with Gasteiger partial charge in [-0.15, -0.1) is 23.7 Å². The molecule has 0 radical (unpaired) electrons. The SMILES string of the molecule is CNCC(=O)Nc1sc(C)nc1CC(C)C.Cl.